The van der Waals surface area contributed by atoms with Gasteiger partial charge in [0.25, 0.3) is 0 Å². The number of ether oxygens (including phenoxy) is 4. The molecule has 0 bridgehead atoms. The smallest absolute Gasteiger partial charge is 0.415 e. The summed E-state index contributed by atoms with van der Waals surface area (Å²) in [5.74, 6) is -0.147. The van der Waals surface area contributed by atoms with E-state index in [1.165, 1.54) is 23.3 Å². The van der Waals surface area contributed by atoms with E-state index in [1.807, 2.05) is 30.3 Å². The van der Waals surface area contributed by atoms with Crippen molar-refractivity contribution in [1.29, 1.82) is 0 Å². The third kappa shape index (κ3) is 9.56. The molecule has 42 heavy (non-hydrogen) atoms. The Kier molecular flexibility index (Phi) is 11.7. The van der Waals surface area contributed by atoms with E-state index >= 15 is 0 Å². The van der Waals surface area contributed by atoms with Gasteiger partial charge in [0.2, 0.25) is 0 Å². The Morgan fingerprint density at radius 1 is 0.905 bits per heavy atom. The Morgan fingerprint density at radius 2 is 1.62 bits per heavy atom. The fourth-order valence-corrected chi connectivity index (χ4v) is 4.83. The molecule has 8 nitrogen and oxygen atoms in total. The highest BCUT2D eigenvalue weighted by Crippen LogP contribution is 2.26. The van der Waals surface area contributed by atoms with Crippen LogP contribution < -0.4 is 9.47 Å². The minimum Gasteiger partial charge on any atom is -0.492 e. The number of carboxylic acids is 1. The van der Waals surface area contributed by atoms with Gasteiger partial charge in [0.1, 0.15) is 23.9 Å². The van der Waals surface area contributed by atoms with Crippen molar-refractivity contribution in [2.75, 3.05) is 32.9 Å². The Bertz CT molecular complexity index is 1300. The molecule has 1 aliphatic rings. The summed E-state index contributed by atoms with van der Waals surface area (Å²) >= 11 is 0. The number of benzene rings is 3. The van der Waals surface area contributed by atoms with Gasteiger partial charge in [-0.3, -0.25) is 0 Å². The number of rotatable bonds is 16. The van der Waals surface area contributed by atoms with E-state index in [0.717, 1.165) is 30.4 Å². The van der Waals surface area contributed by atoms with Crippen LogP contribution in [0.5, 0.6) is 11.5 Å². The predicted molar refractivity (Wildman–Crippen MR) is 155 cm³/mol. The quantitative estimate of drug-likeness (QED) is 0.213. The number of carbonyl (C=O) groups is 2. The van der Waals surface area contributed by atoms with Crippen molar-refractivity contribution in [2.24, 2.45) is 0 Å². The molecule has 0 saturated carbocycles. The third-order valence-corrected chi connectivity index (χ3v) is 7.05. The molecule has 0 fully saturated rings. The van der Waals surface area contributed by atoms with Crippen molar-refractivity contribution < 1.29 is 38.0 Å². The second-order valence-electron chi connectivity index (χ2n) is 10.2. The van der Waals surface area contributed by atoms with Crippen LogP contribution in [-0.4, -0.2) is 61.1 Å². The molecule has 0 aliphatic heterocycles. The van der Waals surface area contributed by atoms with Gasteiger partial charge in [-0.25, -0.2) is 14.0 Å². The molecule has 4 rings (SSSR count). The van der Waals surface area contributed by atoms with Crippen molar-refractivity contribution in [3.63, 3.8) is 0 Å². The van der Waals surface area contributed by atoms with Crippen molar-refractivity contribution in [2.45, 2.75) is 51.7 Å². The zero-order valence-corrected chi connectivity index (χ0v) is 23.9. The standard InChI is InChI=1S/C33H38FNO7/c1-2-40-31(32(36)37)21-24-9-14-29(15-10-24)41-20-18-35(17-4-19-39-23-25-7-12-28(34)13-8-25)33(38)42-30-16-11-26-5-3-6-27(26)22-30/h7-16,22,31H,2-6,17-21,23H2,1H3,(H,36,37). The first-order valence-electron chi connectivity index (χ1n) is 14.4. The van der Waals surface area contributed by atoms with Crippen LogP contribution in [0.2, 0.25) is 0 Å². The van der Waals surface area contributed by atoms with Crippen LogP contribution in [0.4, 0.5) is 9.18 Å². The number of carbonyl (C=O) groups excluding carboxylic acids is 1. The SMILES string of the molecule is CCOC(Cc1ccc(OCCN(CCCOCc2ccc(F)cc2)C(=O)Oc2ccc3c(c2)CCC3)cc1)C(=O)O. The summed E-state index contributed by atoms with van der Waals surface area (Å²) in [5.41, 5.74) is 4.23. The Morgan fingerprint density at radius 3 is 2.36 bits per heavy atom. The van der Waals surface area contributed by atoms with E-state index in [-0.39, 0.29) is 18.8 Å². The zero-order chi connectivity index (χ0) is 29.7. The minimum absolute atomic E-state index is 0.242. The third-order valence-electron chi connectivity index (χ3n) is 7.05. The summed E-state index contributed by atoms with van der Waals surface area (Å²) in [7, 11) is 0. The molecule has 3 aromatic rings. The van der Waals surface area contributed by atoms with Crippen LogP contribution in [0.1, 0.15) is 42.0 Å². The van der Waals surface area contributed by atoms with Crippen LogP contribution in [-0.2, 0) is 40.1 Å². The molecule has 1 unspecified atom stereocenters. The average Bonchev–Trinajstić information content (AvgIpc) is 3.45. The number of amides is 1. The molecule has 9 heteroatoms. The predicted octanol–water partition coefficient (Wildman–Crippen LogP) is 5.83. The molecule has 1 N–H and O–H groups in total. The van der Waals surface area contributed by atoms with Gasteiger partial charge in [0, 0.05) is 26.2 Å². The van der Waals surface area contributed by atoms with Crippen LogP contribution in [0.25, 0.3) is 0 Å². The lowest BCUT2D eigenvalue weighted by Gasteiger charge is -2.22. The molecule has 224 valence electrons. The van der Waals surface area contributed by atoms with E-state index in [0.29, 0.717) is 50.8 Å². The van der Waals surface area contributed by atoms with Crippen LogP contribution in [0, 0.1) is 5.82 Å². The summed E-state index contributed by atoms with van der Waals surface area (Å²) in [6.45, 7) is 3.81. The largest absolute Gasteiger partial charge is 0.492 e. The Balaban J connectivity index is 1.29. The van der Waals surface area contributed by atoms with E-state index in [1.54, 1.807) is 36.1 Å². The highest BCUT2D eigenvalue weighted by Gasteiger charge is 2.19. The molecule has 1 aliphatic carbocycles. The molecule has 1 atom stereocenters. The molecule has 0 spiro atoms. The number of halogens is 1. The van der Waals surface area contributed by atoms with Gasteiger partial charge in [0.05, 0.1) is 13.2 Å². The normalized spacial score (nSPS) is 12.9. The number of hydrogen-bond donors (Lipinski definition) is 1. The summed E-state index contributed by atoms with van der Waals surface area (Å²) < 4.78 is 35.7. The van der Waals surface area contributed by atoms with E-state index < -0.39 is 18.2 Å². The van der Waals surface area contributed by atoms with Crippen molar-refractivity contribution in [1.82, 2.24) is 4.90 Å². The maximum Gasteiger partial charge on any atom is 0.415 e. The van der Waals surface area contributed by atoms with Gasteiger partial charge in [-0.1, -0.05) is 30.3 Å². The second kappa shape index (κ2) is 15.9. The lowest BCUT2D eigenvalue weighted by Crippen LogP contribution is -2.38. The monoisotopic (exact) mass is 579 g/mol. The van der Waals surface area contributed by atoms with Gasteiger partial charge < -0.3 is 29.0 Å². The molecule has 0 aromatic heterocycles. The molecular formula is C33H38FNO7. The van der Waals surface area contributed by atoms with Gasteiger partial charge in [-0.2, -0.15) is 0 Å². The first kappa shape index (κ1) is 31.0. The van der Waals surface area contributed by atoms with Crippen LogP contribution >= 0.6 is 0 Å². The highest BCUT2D eigenvalue weighted by molar-refractivity contribution is 5.72. The highest BCUT2D eigenvalue weighted by atomic mass is 19.1. The maximum atomic E-state index is 13.1. The van der Waals surface area contributed by atoms with Crippen LogP contribution in [0.15, 0.2) is 66.7 Å². The summed E-state index contributed by atoms with van der Waals surface area (Å²) in [6, 6.07) is 19.1. The first-order valence-corrected chi connectivity index (χ1v) is 14.4. The molecule has 1 amide bonds. The van der Waals surface area contributed by atoms with E-state index in [2.05, 4.69) is 0 Å². The number of fused-ring (bicyclic) bond motifs is 1. The minimum atomic E-state index is -0.995. The number of hydrogen-bond acceptors (Lipinski definition) is 6. The molecule has 0 radical (unpaired) electrons. The summed E-state index contributed by atoms with van der Waals surface area (Å²) in [5, 5.41) is 9.31. The fourth-order valence-electron chi connectivity index (χ4n) is 4.83. The average molecular weight is 580 g/mol. The molecule has 0 heterocycles. The van der Waals surface area contributed by atoms with Crippen molar-refractivity contribution in [3.8, 4) is 11.5 Å². The molecule has 3 aromatic carbocycles. The maximum absolute atomic E-state index is 13.1. The van der Waals surface area contributed by atoms with Crippen molar-refractivity contribution >= 4 is 12.1 Å². The van der Waals surface area contributed by atoms with Gasteiger partial charge >= 0.3 is 12.1 Å². The number of aryl methyl sites for hydroxylation is 2. The number of aliphatic carboxylic acids is 1. The van der Waals surface area contributed by atoms with Crippen molar-refractivity contribution in [3.05, 3.63) is 94.8 Å². The Hall–Kier alpha value is -3.95. The van der Waals surface area contributed by atoms with Gasteiger partial charge in [0.15, 0.2) is 6.10 Å². The van der Waals surface area contributed by atoms with E-state index in [9.17, 15) is 19.1 Å². The topological polar surface area (TPSA) is 94.5 Å². The van der Waals surface area contributed by atoms with E-state index in [4.69, 9.17) is 18.9 Å². The molecule has 0 saturated heterocycles. The Labute approximate surface area is 246 Å². The van der Waals surface area contributed by atoms with Gasteiger partial charge in [-0.15, -0.1) is 0 Å². The fraction of sp³-hybridized carbons (Fsp3) is 0.394. The number of nitrogens with zero attached hydrogens (tertiary/aromatic N) is 1. The van der Waals surface area contributed by atoms with Crippen LogP contribution in [0.3, 0.4) is 0 Å². The lowest BCUT2D eigenvalue weighted by molar-refractivity contribution is -0.149. The zero-order valence-electron chi connectivity index (χ0n) is 23.9. The molecular weight excluding hydrogens is 541 g/mol. The second-order valence-corrected chi connectivity index (χ2v) is 10.2. The first-order chi connectivity index (χ1) is 20.4. The summed E-state index contributed by atoms with van der Waals surface area (Å²) in [4.78, 5) is 26.1. The number of carboxylic acid groups (broad SMARTS) is 1. The lowest BCUT2D eigenvalue weighted by atomic mass is 10.1. The summed E-state index contributed by atoms with van der Waals surface area (Å²) in [6.07, 6.45) is 2.65. The van der Waals surface area contributed by atoms with Gasteiger partial charge in [-0.05, 0) is 91.3 Å².